The summed E-state index contributed by atoms with van der Waals surface area (Å²) in [5.74, 6) is 1.83. The van der Waals surface area contributed by atoms with E-state index in [0.29, 0.717) is 0 Å². The summed E-state index contributed by atoms with van der Waals surface area (Å²) >= 11 is 0. The number of fused-ring (bicyclic) bond motifs is 1. The van der Waals surface area contributed by atoms with Gasteiger partial charge in [0.05, 0.1) is 0 Å². The first kappa shape index (κ1) is 19.0. The summed E-state index contributed by atoms with van der Waals surface area (Å²) in [5, 5.41) is 0. The van der Waals surface area contributed by atoms with E-state index in [1.165, 1.54) is 38.5 Å². The number of nitrogens with one attached hydrogen (secondary N) is 2. The van der Waals surface area contributed by atoms with E-state index in [9.17, 15) is 0 Å². The molecule has 1 aliphatic heterocycles. The van der Waals surface area contributed by atoms with E-state index in [4.69, 9.17) is 0 Å². The molecule has 2 rings (SSSR count). The molecule has 0 atom stereocenters. The van der Waals surface area contributed by atoms with E-state index >= 15 is 0 Å². The third-order valence-corrected chi connectivity index (χ3v) is 3.13. The number of nitrogens with zero attached hydrogens (tertiary/aromatic N) is 2. The normalized spacial score (nSPS) is 11.9. The number of aromatic nitrogens is 1. The molecule has 0 bridgehead atoms. The molecule has 0 unspecified atom stereocenters. The molecule has 2 heterocycles. The topological polar surface area (TPSA) is 49.3 Å². The number of anilines is 1. The van der Waals surface area contributed by atoms with Crippen molar-refractivity contribution in [1.29, 1.82) is 0 Å². The molecule has 0 spiro atoms. The largest absolute Gasteiger partial charge is 0.286 e. The van der Waals surface area contributed by atoms with Crippen LogP contribution in [0.1, 0.15) is 51.9 Å². The lowest BCUT2D eigenvalue weighted by atomic mass is 10.1. The van der Waals surface area contributed by atoms with Gasteiger partial charge in [-0.3, -0.25) is 10.9 Å². The fourth-order valence-corrected chi connectivity index (χ4v) is 2.08. The second kappa shape index (κ2) is 10.7. The Morgan fingerprint density at radius 1 is 1.00 bits per heavy atom. The molecular weight excluding hydrogens is 295 g/mol. The molecule has 20 heavy (non-hydrogen) atoms. The highest BCUT2D eigenvalue weighted by Crippen LogP contribution is 2.23. The summed E-state index contributed by atoms with van der Waals surface area (Å²) in [7, 11) is 0. The van der Waals surface area contributed by atoms with Gasteiger partial charge in [-0.25, -0.2) is 9.98 Å². The molecule has 1 aromatic heterocycles. The Labute approximate surface area is 133 Å². The van der Waals surface area contributed by atoms with Gasteiger partial charge in [-0.15, -0.1) is 24.8 Å². The molecule has 0 aliphatic carbocycles. The summed E-state index contributed by atoms with van der Waals surface area (Å²) in [4.78, 5) is 8.76. The molecule has 0 saturated carbocycles. The van der Waals surface area contributed by atoms with Gasteiger partial charge in [-0.05, 0) is 18.6 Å². The fraction of sp³-hybridized carbons (Fsp3) is 0.571. The third-order valence-electron chi connectivity index (χ3n) is 3.13. The van der Waals surface area contributed by atoms with Crippen molar-refractivity contribution in [2.24, 2.45) is 4.99 Å². The van der Waals surface area contributed by atoms with E-state index < -0.39 is 0 Å². The van der Waals surface area contributed by atoms with Gasteiger partial charge in [-0.2, -0.15) is 0 Å². The van der Waals surface area contributed by atoms with Crippen LogP contribution in [0.15, 0.2) is 23.3 Å². The maximum absolute atomic E-state index is 4.56. The van der Waals surface area contributed by atoms with E-state index in [-0.39, 0.29) is 24.8 Å². The molecule has 4 nitrogen and oxygen atoms in total. The minimum absolute atomic E-state index is 0. The second-order valence-electron chi connectivity index (χ2n) is 4.70. The fourth-order valence-electron chi connectivity index (χ4n) is 2.08. The smallest absolute Gasteiger partial charge is 0.170 e. The van der Waals surface area contributed by atoms with Gasteiger partial charge < -0.3 is 0 Å². The van der Waals surface area contributed by atoms with E-state index in [0.717, 1.165) is 23.8 Å². The Balaban J connectivity index is 0.00000180. The highest BCUT2D eigenvalue weighted by molar-refractivity contribution is 5.89. The third kappa shape index (κ3) is 5.97. The number of rotatable bonds is 7. The van der Waals surface area contributed by atoms with Crippen molar-refractivity contribution in [3.63, 3.8) is 0 Å². The maximum atomic E-state index is 4.56. The van der Waals surface area contributed by atoms with Gasteiger partial charge in [-0.1, -0.05) is 39.0 Å². The predicted octanol–water partition coefficient (Wildman–Crippen LogP) is 4.64. The molecule has 1 aromatic rings. The van der Waals surface area contributed by atoms with Crippen LogP contribution in [-0.4, -0.2) is 10.8 Å². The zero-order valence-corrected chi connectivity index (χ0v) is 13.5. The van der Waals surface area contributed by atoms with Crippen molar-refractivity contribution in [1.82, 2.24) is 10.4 Å². The van der Waals surface area contributed by atoms with Gasteiger partial charge in [0, 0.05) is 12.6 Å². The van der Waals surface area contributed by atoms with Crippen molar-refractivity contribution in [2.45, 2.75) is 51.9 Å². The predicted molar refractivity (Wildman–Crippen MR) is 90.6 cm³/mol. The molecule has 0 radical (unpaired) electrons. The Bertz CT molecular complexity index is 410. The average molecular weight is 319 g/mol. The minimum Gasteiger partial charge on any atom is -0.286 e. The molecule has 0 saturated heterocycles. The van der Waals surface area contributed by atoms with Crippen LogP contribution in [0.4, 0.5) is 11.5 Å². The number of pyridine rings is 1. The molecule has 0 aromatic carbocycles. The first-order valence-electron chi connectivity index (χ1n) is 6.95. The monoisotopic (exact) mass is 318 g/mol. The lowest BCUT2D eigenvalue weighted by molar-refractivity contribution is 0.613. The zero-order chi connectivity index (χ0) is 12.6. The number of hydrogen-bond donors (Lipinski definition) is 2. The van der Waals surface area contributed by atoms with Gasteiger partial charge >= 0.3 is 0 Å². The van der Waals surface area contributed by atoms with Crippen LogP contribution in [0.5, 0.6) is 0 Å². The quantitative estimate of drug-likeness (QED) is 0.720. The maximum Gasteiger partial charge on any atom is 0.170 e. The average Bonchev–Trinajstić information content (AvgIpc) is 2.42. The number of hydrazine groups is 1. The Morgan fingerprint density at radius 2 is 1.75 bits per heavy atom. The lowest BCUT2D eigenvalue weighted by Gasteiger charge is -2.18. The van der Waals surface area contributed by atoms with Gasteiger partial charge in [0.1, 0.15) is 11.5 Å². The van der Waals surface area contributed by atoms with Gasteiger partial charge in [0.15, 0.2) is 5.82 Å². The first-order valence-corrected chi connectivity index (χ1v) is 6.95. The van der Waals surface area contributed by atoms with Crippen LogP contribution in [0.25, 0.3) is 0 Å². The summed E-state index contributed by atoms with van der Waals surface area (Å²) < 4.78 is 0. The van der Waals surface area contributed by atoms with Crippen molar-refractivity contribution in [3.05, 3.63) is 18.3 Å². The highest BCUT2D eigenvalue weighted by atomic mass is 35.5. The van der Waals surface area contributed by atoms with E-state index in [1.807, 2.05) is 12.1 Å². The number of unbranched alkanes of at least 4 members (excludes halogenated alkanes) is 5. The van der Waals surface area contributed by atoms with Gasteiger partial charge in [0.2, 0.25) is 0 Å². The van der Waals surface area contributed by atoms with E-state index in [1.54, 1.807) is 6.20 Å². The molecule has 6 heteroatoms. The summed E-state index contributed by atoms with van der Waals surface area (Å²) in [6, 6.07) is 3.90. The van der Waals surface area contributed by atoms with Crippen LogP contribution in [-0.2, 0) is 0 Å². The van der Waals surface area contributed by atoms with Crippen molar-refractivity contribution in [3.8, 4) is 0 Å². The number of amidine groups is 1. The summed E-state index contributed by atoms with van der Waals surface area (Å²) in [6.07, 6.45) is 10.6. The first-order chi connectivity index (χ1) is 8.90. The minimum atomic E-state index is 0. The van der Waals surface area contributed by atoms with Crippen LogP contribution in [0, 0.1) is 0 Å². The van der Waals surface area contributed by atoms with Crippen molar-refractivity contribution in [2.75, 3.05) is 5.43 Å². The molecule has 114 valence electrons. The van der Waals surface area contributed by atoms with Crippen LogP contribution in [0.3, 0.4) is 0 Å². The number of aliphatic imine (C=N–C) groups is 1. The number of halogens is 2. The Kier molecular flexibility index (Phi) is 10.2. The molecule has 0 amide bonds. The van der Waals surface area contributed by atoms with Crippen LogP contribution in [0.2, 0.25) is 0 Å². The highest BCUT2D eigenvalue weighted by Gasteiger charge is 2.10. The standard InChI is InChI=1S/C14H22N4.2ClH/c1-2-3-4-5-6-7-10-13-16-12-9-8-11-15-14(12)18-17-13;;/h8-9,11H,2-7,10H2,1H3,(H,15,18)(H,16,17);2*1H. The van der Waals surface area contributed by atoms with Crippen molar-refractivity contribution < 1.29 is 0 Å². The van der Waals surface area contributed by atoms with Crippen molar-refractivity contribution >= 4 is 42.2 Å². The van der Waals surface area contributed by atoms with Crippen LogP contribution < -0.4 is 10.9 Å². The number of hydrogen-bond acceptors (Lipinski definition) is 4. The lowest BCUT2D eigenvalue weighted by Crippen LogP contribution is -2.32. The van der Waals surface area contributed by atoms with Crippen LogP contribution >= 0.6 is 24.8 Å². The second-order valence-corrected chi connectivity index (χ2v) is 4.70. The Morgan fingerprint density at radius 3 is 2.55 bits per heavy atom. The summed E-state index contributed by atoms with van der Waals surface area (Å²) in [5.41, 5.74) is 7.12. The molecule has 2 N–H and O–H groups in total. The Hall–Kier alpha value is -1.00. The van der Waals surface area contributed by atoms with Gasteiger partial charge in [0.25, 0.3) is 0 Å². The molecule has 0 fully saturated rings. The zero-order valence-electron chi connectivity index (χ0n) is 11.9. The van der Waals surface area contributed by atoms with E-state index in [2.05, 4.69) is 27.8 Å². The molecular formula is C14H24Cl2N4. The summed E-state index contributed by atoms with van der Waals surface area (Å²) in [6.45, 7) is 2.25. The molecule has 1 aliphatic rings. The SMILES string of the molecule is CCCCCCCCC1=Nc2cccnc2NN1.Cl.Cl.